The van der Waals surface area contributed by atoms with Gasteiger partial charge in [-0.1, -0.05) is 12.1 Å². The molecule has 0 aliphatic heterocycles. The summed E-state index contributed by atoms with van der Waals surface area (Å²) in [7, 11) is 0. The Morgan fingerprint density at radius 1 is 1.16 bits per heavy atom. The molecule has 1 amide bonds. The van der Waals surface area contributed by atoms with Crippen LogP contribution in [0.15, 0.2) is 41.0 Å². The summed E-state index contributed by atoms with van der Waals surface area (Å²) in [6.07, 6.45) is 1.73. The zero-order valence-corrected chi connectivity index (χ0v) is 14.3. The third-order valence-corrected chi connectivity index (χ3v) is 4.15. The van der Waals surface area contributed by atoms with Gasteiger partial charge in [0.25, 0.3) is 5.69 Å². The van der Waals surface area contributed by atoms with Gasteiger partial charge in [-0.3, -0.25) is 14.9 Å². The molecule has 0 saturated heterocycles. The topological polar surface area (TPSA) is 85.4 Å². The van der Waals surface area contributed by atoms with Gasteiger partial charge in [0.05, 0.1) is 23.3 Å². The van der Waals surface area contributed by atoms with E-state index in [0.29, 0.717) is 5.69 Å². The number of amides is 1. The van der Waals surface area contributed by atoms with Crippen molar-refractivity contribution in [3.63, 3.8) is 0 Å². The lowest BCUT2D eigenvalue weighted by molar-refractivity contribution is -0.384. The second-order valence-corrected chi connectivity index (χ2v) is 6.20. The fourth-order valence-electron chi connectivity index (χ4n) is 2.98. The van der Waals surface area contributed by atoms with E-state index in [1.807, 2.05) is 26.0 Å². The standard InChI is InChI=1S/C19H18N2O4/c1-11-6-13(3)19-14(10-25-17(19)7-11)8-18(22)20-16-9-15(21(23)24)5-4-12(16)2/h4-7,9-10H,8H2,1-3H3,(H,20,22). The minimum Gasteiger partial charge on any atom is -0.464 e. The molecule has 25 heavy (non-hydrogen) atoms. The maximum Gasteiger partial charge on any atom is 0.271 e. The van der Waals surface area contributed by atoms with Crippen LogP contribution < -0.4 is 5.32 Å². The average molecular weight is 338 g/mol. The van der Waals surface area contributed by atoms with Gasteiger partial charge in [-0.2, -0.15) is 0 Å². The van der Waals surface area contributed by atoms with Crippen molar-refractivity contribution in [1.29, 1.82) is 0 Å². The number of carbonyl (C=O) groups is 1. The van der Waals surface area contributed by atoms with E-state index in [1.165, 1.54) is 12.1 Å². The van der Waals surface area contributed by atoms with Gasteiger partial charge in [-0.25, -0.2) is 0 Å². The van der Waals surface area contributed by atoms with Crippen molar-refractivity contribution in [2.45, 2.75) is 27.2 Å². The monoisotopic (exact) mass is 338 g/mol. The van der Waals surface area contributed by atoms with Crippen molar-refractivity contribution < 1.29 is 14.1 Å². The highest BCUT2D eigenvalue weighted by molar-refractivity contribution is 5.96. The van der Waals surface area contributed by atoms with Crippen LogP contribution in [-0.2, 0) is 11.2 Å². The van der Waals surface area contributed by atoms with Crippen molar-refractivity contribution in [2.75, 3.05) is 5.32 Å². The molecule has 128 valence electrons. The molecule has 0 aliphatic rings. The zero-order valence-electron chi connectivity index (χ0n) is 14.3. The Balaban J connectivity index is 1.84. The SMILES string of the molecule is Cc1cc(C)c2c(CC(=O)Nc3cc([N+](=O)[O-])ccc3C)coc2c1. The molecule has 0 atom stereocenters. The Kier molecular flexibility index (Phi) is 4.27. The number of benzene rings is 2. The van der Waals surface area contributed by atoms with Gasteiger partial charge in [-0.15, -0.1) is 0 Å². The van der Waals surface area contributed by atoms with E-state index in [0.717, 1.165) is 33.2 Å². The van der Waals surface area contributed by atoms with Crippen LogP contribution in [-0.4, -0.2) is 10.8 Å². The summed E-state index contributed by atoms with van der Waals surface area (Å²) in [6.45, 7) is 5.77. The van der Waals surface area contributed by atoms with Gasteiger partial charge in [0.2, 0.25) is 5.91 Å². The Hall–Kier alpha value is -3.15. The molecule has 3 rings (SSSR count). The molecular weight excluding hydrogens is 320 g/mol. The van der Waals surface area contributed by atoms with Crippen molar-refractivity contribution in [3.8, 4) is 0 Å². The molecule has 3 aromatic rings. The minimum absolute atomic E-state index is 0.0546. The number of rotatable bonds is 4. The summed E-state index contributed by atoms with van der Waals surface area (Å²) in [6, 6.07) is 8.39. The van der Waals surface area contributed by atoms with Crippen LogP contribution in [0.4, 0.5) is 11.4 Å². The van der Waals surface area contributed by atoms with Crippen molar-refractivity contribution >= 4 is 28.3 Å². The van der Waals surface area contributed by atoms with Gasteiger partial charge in [-0.05, 0) is 43.5 Å². The largest absolute Gasteiger partial charge is 0.464 e. The van der Waals surface area contributed by atoms with Gasteiger partial charge in [0, 0.05) is 23.1 Å². The first-order valence-electron chi connectivity index (χ1n) is 7.87. The zero-order chi connectivity index (χ0) is 18.1. The Morgan fingerprint density at radius 3 is 2.64 bits per heavy atom. The molecule has 6 heteroatoms. The summed E-state index contributed by atoms with van der Waals surface area (Å²) in [4.78, 5) is 22.8. The molecule has 6 nitrogen and oxygen atoms in total. The van der Waals surface area contributed by atoms with Crippen LogP contribution >= 0.6 is 0 Å². The smallest absolute Gasteiger partial charge is 0.271 e. The van der Waals surface area contributed by atoms with Crippen LogP contribution in [0.5, 0.6) is 0 Å². The quantitative estimate of drug-likeness (QED) is 0.562. The number of aryl methyl sites for hydroxylation is 3. The number of anilines is 1. The number of non-ortho nitro benzene ring substituents is 1. The molecule has 0 saturated carbocycles. The first-order chi connectivity index (χ1) is 11.8. The van der Waals surface area contributed by atoms with E-state index in [4.69, 9.17) is 4.42 Å². The Labute approximate surface area is 144 Å². The molecule has 0 bridgehead atoms. The van der Waals surface area contributed by atoms with Crippen molar-refractivity contribution in [1.82, 2.24) is 0 Å². The van der Waals surface area contributed by atoms with Crippen LogP contribution in [0.1, 0.15) is 22.3 Å². The second kappa shape index (κ2) is 6.39. The number of nitrogens with zero attached hydrogens (tertiary/aromatic N) is 1. The predicted molar refractivity (Wildman–Crippen MR) is 95.9 cm³/mol. The highest BCUT2D eigenvalue weighted by Gasteiger charge is 2.15. The number of hydrogen-bond donors (Lipinski definition) is 1. The van der Waals surface area contributed by atoms with E-state index in [2.05, 4.69) is 5.32 Å². The number of furan rings is 1. The highest BCUT2D eigenvalue weighted by Crippen LogP contribution is 2.27. The van der Waals surface area contributed by atoms with Gasteiger partial charge >= 0.3 is 0 Å². The van der Waals surface area contributed by atoms with E-state index in [-0.39, 0.29) is 18.0 Å². The normalized spacial score (nSPS) is 10.8. The lowest BCUT2D eigenvalue weighted by Gasteiger charge is -2.08. The number of fused-ring (bicyclic) bond motifs is 1. The van der Waals surface area contributed by atoms with E-state index in [9.17, 15) is 14.9 Å². The lowest BCUT2D eigenvalue weighted by atomic mass is 10.0. The molecule has 0 aliphatic carbocycles. The third-order valence-electron chi connectivity index (χ3n) is 4.15. The van der Waals surface area contributed by atoms with Crippen molar-refractivity contribution in [2.24, 2.45) is 0 Å². The molecule has 2 aromatic carbocycles. The summed E-state index contributed by atoms with van der Waals surface area (Å²) in [5.74, 6) is -0.244. The average Bonchev–Trinajstić information content (AvgIpc) is 2.92. The summed E-state index contributed by atoms with van der Waals surface area (Å²) in [5, 5.41) is 14.6. The maximum atomic E-state index is 12.4. The lowest BCUT2D eigenvalue weighted by Crippen LogP contribution is -2.15. The molecule has 0 fully saturated rings. The van der Waals surface area contributed by atoms with Gasteiger partial charge in [0.15, 0.2) is 0 Å². The van der Waals surface area contributed by atoms with Crippen LogP contribution in [0.25, 0.3) is 11.0 Å². The molecule has 1 N–H and O–H groups in total. The molecule has 1 heterocycles. The van der Waals surface area contributed by atoms with Crippen LogP contribution in [0.3, 0.4) is 0 Å². The Bertz CT molecular complexity index is 988. The summed E-state index contributed by atoms with van der Waals surface area (Å²) < 4.78 is 5.57. The highest BCUT2D eigenvalue weighted by atomic mass is 16.6. The molecular formula is C19H18N2O4. The number of nitro groups is 1. The first-order valence-corrected chi connectivity index (χ1v) is 7.87. The summed E-state index contributed by atoms with van der Waals surface area (Å²) >= 11 is 0. The van der Waals surface area contributed by atoms with Crippen molar-refractivity contribution in [3.05, 3.63) is 69.0 Å². The van der Waals surface area contributed by atoms with E-state index in [1.54, 1.807) is 19.3 Å². The minimum atomic E-state index is -0.482. The maximum absolute atomic E-state index is 12.4. The molecule has 0 radical (unpaired) electrons. The number of nitrogens with one attached hydrogen (secondary N) is 1. The van der Waals surface area contributed by atoms with Gasteiger partial charge in [0.1, 0.15) is 5.58 Å². The molecule has 0 spiro atoms. The van der Waals surface area contributed by atoms with Gasteiger partial charge < -0.3 is 9.73 Å². The summed E-state index contributed by atoms with van der Waals surface area (Å²) in [5.41, 5.74) is 4.86. The Morgan fingerprint density at radius 2 is 1.92 bits per heavy atom. The molecule has 0 unspecified atom stereocenters. The van der Waals surface area contributed by atoms with E-state index >= 15 is 0 Å². The fourth-order valence-corrected chi connectivity index (χ4v) is 2.98. The third kappa shape index (κ3) is 3.38. The fraction of sp³-hybridized carbons (Fsp3) is 0.211. The molecule has 1 aromatic heterocycles. The number of nitro benzene ring substituents is 1. The van der Waals surface area contributed by atoms with Crippen LogP contribution in [0.2, 0.25) is 0 Å². The predicted octanol–water partition coefficient (Wildman–Crippen LogP) is 4.45. The number of carbonyl (C=O) groups excluding carboxylic acids is 1. The number of hydrogen-bond acceptors (Lipinski definition) is 4. The van der Waals surface area contributed by atoms with Crippen LogP contribution in [0, 0.1) is 30.9 Å². The first kappa shape index (κ1) is 16.7. The second-order valence-electron chi connectivity index (χ2n) is 6.20. The van der Waals surface area contributed by atoms with E-state index < -0.39 is 4.92 Å².